The number of carbonyl (C=O) groups excluding carboxylic acids is 1. The van der Waals surface area contributed by atoms with Gasteiger partial charge in [-0.15, -0.1) is 0 Å². The molecule has 1 amide bonds. The molecule has 1 aliphatic carbocycles. The zero-order valence-corrected chi connectivity index (χ0v) is 14.9. The summed E-state index contributed by atoms with van der Waals surface area (Å²) in [5, 5.41) is 11.1. The Bertz CT molecular complexity index is 767. The van der Waals surface area contributed by atoms with Crippen LogP contribution >= 0.6 is 0 Å². The predicted octanol–water partition coefficient (Wildman–Crippen LogP) is 1.70. The topological polar surface area (TPSA) is 119 Å². The second kappa shape index (κ2) is 7.73. The fourth-order valence-corrected chi connectivity index (χ4v) is 4.64. The van der Waals surface area contributed by atoms with Crippen LogP contribution in [0.3, 0.4) is 0 Å². The van der Waals surface area contributed by atoms with Crippen LogP contribution in [0.5, 0.6) is 11.5 Å². The summed E-state index contributed by atoms with van der Waals surface area (Å²) in [6.45, 7) is 0. The highest BCUT2D eigenvalue weighted by molar-refractivity contribution is 7.92. The first kappa shape index (κ1) is 19.0. The zero-order valence-electron chi connectivity index (χ0n) is 14.1. The van der Waals surface area contributed by atoms with Crippen LogP contribution in [0.15, 0.2) is 12.1 Å². The third-order valence-corrected chi connectivity index (χ3v) is 6.29. The molecule has 25 heavy (non-hydrogen) atoms. The molecule has 9 heteroatoms. The van der Waals surface area contributed by atoms with E-state index in [9.17, 15) is 18.0 Å². The molecule has 0 aliphatic heterocycles. The monoisotopic (exact) mass is 371 g/mol. The van der Waals surface area contributed by atoms with E-state index in [4.69, 9.17) is 14.6 Å². The van der Waals surface area contributed by atoms with Gasteiger partial charge in [0.1, 0.15) is 5.75 Å². The molecule has 1 aliphatic rings. The number of ether oxygens (including phenoxy) is 2. The van der Waals surface area contributed by atoms with Crippen LogP contribution in [0, 0.1) is 0 Å². The van der Waals surface area contributed by atoms with Crippen molar-refractivity contribution in [3.05, 3.63) is 17.7 Å². The first-order valence-electron chi connectivity index (χ1n) is 7.79. The molecule has 0 unspecified atom stereocenters. The highest BCUT2D eigenvalue weighted by Gasteiger charge is 2.31. The number of amides is 1. The van der Waals surface area contributed by atoms with Gasteiger partial charge in [-0.05, 0) is 25.0 Å². The number of anilines is 1. The smallest absolute Gasteiger partial charge is 0.335 e. The summed E-state index contributed by atoms with van der Waals surface area (Å²) in [6.07, 6.45) is 2.83. The molecule has 8 nitrogen and oxygen atoms in total. The third kappa shape index (κ3) is 4.41. The van der Waals surface area contributed by atoms with Gasteiger partial charge in [-0.2, -0.15) is 0 Å². The lowest BCUT2D eigenvalue weighted by Gasteiger charge is -2.15. The van der Waals surface area contributed by atoms with Crippen molar-refractivity contribution in [2.24, 2.45) is 0 Å². The number of sulfone groups is 1. The van der Waals surface area contributed by atoms with Gasteiger partial charge in [-0.3, -0.25) is 4.79 Å². The van der Waals surface area contributed by atoms with Crippen molar-refractivity contribution in [3.8, 4) is 11.5 Å². The lowest BCUT2D eigenvalue weighted by molar-refractivity contribution is -0.113. The average Bonchev–Trinajstić information content (AvgIpc) is 3.08. The molecule has 1 aromatic rings. The maximum Gasteiger partial charge on any atom is 0.335 e. The van der Waals surface area contributed by atoms with Crippen molar-refractivity contribution < 1.29 is 32.6 Å². The molecular formula is C16H21NO7S. The molecule has 0 aromatic heterocycles. The summed E-state index contributed by atoms with van der Waals surface area (Å²) in [7, 11) is -0.872. The van der Waals surface area contributed by atoms with Crippen LogP contribution in [0.1, 0.15) is 36.0 Å². The van der Waals surface area contributed by atoms with E-state index in [1.807, 2.05) is 0 Å². The van der Waals surface area contributed by atoms with Crippen LogP contribution in [0.4, 0.5) is 5.69 Å². The van der Waals surface area contributed by atoms with E-state index in [1.165, 1.54) is 26.4 Å². The highest BCUT2D eigenvalue weighted by atomic mass is 32.2. The van der Waals surface area contributed by atoms with Crippen molar-refractivity contribution in [2.75, 3.05) is 25.3 Å². The van der Waals surface area contributed by atoms with Gasteiger partial charge in [0.25, 0.3) is 0 Å². The number of hydrogen-bond acceptors (Lipinski definition) is 6. The van der Waals surface area contributed by atoms with Gasteiger partial charge >= 0.3 is 5.97 Å². The first-order valence-corrected chi connectivity index (χ1v) is 9.50. The average molecular weight is 371 g/mol. The number of rotatable bonds is 7. The molecule has 0 heterocycles. The normalized spacial score (nSPS) is 15.0. The van der Waals surface area contributed by atoms with E-state index in [1.54, 1.807) is 0 Å². The van der Waals surface area contributed by atoms with Crippen LogP contribution in [-0.2, 0) is 14.6 Å². The Morgan fingerprint density at radius 1 is 1.20 bits per heavy atom. The molecule has 0 saturated heterocycles. The minimum absolute atomic E-state index is 0.0471. The minimum Gasteiger partial charge on any atom is -0.493 e. The molecule has 2 rings (SSSR count). The van der Waals surface area contributed by atoms with Gasteiger partial charge in [0, 0.05) is 0 Å². The number of carboxylic acid groups (broad SMARTS) is 1. The van der Waals surface area contributed by atoms with Crippen molar-refractivity contribution in [2.45, 2.75) is 30.9 Å². The molecule has 0 spiro atoms. The van der Waals surface area contributed by atoms with Gasteiger partial charge in [-0.25, -0.2) is 13.2 Å². The van der Waals surface area contributed by atoms with Crippen LogP contribution in [-0.4, -0.2) is 50.6 Å². The fraction of sp³-hybridized carbons (Fsp3) is 0.500. The van der Waals surface area contributed by atoms with Crippen molar-refractivity contribution in [1.29, 1.82) is 0 Å². The largest absolute Gasteiger partial charge is 0.493 e. The predicted molar refractivity (Wildman–Crippen MR) is 91.2 cm³/mol. The Morgan fingerprint density at radius 3 is 2.36 bits per heavy atom. The number of methoxy groups -OCH3 is 2. The Balaban J connectivity index is 2.24. The molecule has 0 atom stereocenters. The Morgan fingerprint density at radius 2 is 1.84 bits per heavy atom. The summed E-state index contributed by atoms with van der Waals surface area (Å²) in [5.41, 5.74) is -0.0718. The number of carbonyl (C=O) groups is 2. The molecule has 0 bridgehead atoms. The molecule has 1 fully saturated rings. The lowest BCUT2D eigenvalue weighted by atomic mass is 10.1. The number of aromatic carboxylic acids is 1. The second-order valence-electron chi connectivity index (χ2n) is 5.83. The van der Waals surface area contributed by atoms with E-state index >= 15 is 0 Å². The standard InChI is InChI=1S/C16H21NO7S/c1-23-13-8-10(16(19)20)7-12(15(13)24-2)17-14(18)9-25(21,22)11-5-3-4-6-11/h7-8,11H,3-6,9H2,1-2H3,(H,17,18)(H,19,20). The summed E-state index contributed by atoms with van der Waals surface area (Å²) in [6, 6.07) is 2.45. The SMILES string of the molecule is COc1cc(C(=O)O)cc(NC(=O)CS(=O)(=O)C2CCCC2)c1OC. The Hall–Kier alpha value is -2.29. The second-order valence-corrected chi connectivity index (χ2v) is 8.11. The molecule has 138 valence electrons. The number of nitrogens with one attached hydrogen (secondary N) is 1. The summed E-state index contributed by atoms with van der Waals surface area (Å²) in [4.78, 5) is 23.4. The van der Waals surface area contributed by atoms with Crippen LogP contribution < -0.4 is 14.8 Å². The minimum atomic E-state index is -3.54. The van der Waals surface area contributed by atoms with Gasteiger partial charge in [-0.1, -0.05) is 12.8 Å². The van der Waals surface area contributed by atoms with E-state index in [2.05, 4.69) is 5.32 Å². The fourth-order valence-electron chi connectivity index (χ4n) is 2.92. The maximum atomic E-state index is 12.3. The number of benzene rings is 1. The highest BCUT2D eigenvalue weighted by Crippen LogP contribution is 2.36. The van der Waals surface area contributed by atoms with Crippen molar-refractivity contribution in [3.63, 3.8) is 0 Å². The molecule has 1 aromatic carbocycles. The summed E-state index contributed by atoms with van der Waals surface area (Å²) in [5.74, 6) is -2.36. The van der Waals surface area contributed by atoms with E-state index < -0.39 is 32.7 Å². The molecule has 1 saturated carbocycles. The van der Waals surface area contributed by atoms with Gasteiger partial charge in [0.15, 0.2) is 21.3 Å². The summed E-state index contributed by atoms with van der Waals surface area (Å²) >= 11 is 0. The van der Waals surface area contributed by atoms with Crippen LogP contribution in [0.25, 0.3) is 0 Å². The maximum absolute atomic E-state index is 12.3. The quantitative estimate of drug-likeness (QED) is 0.748. The first-order chi connectivity index (χ1) is 11.8. The molecular weight excluding hydrogens is 350 g/mol. The third-order valence-electron chi connectivity index (χ3n) is 4.14. The van der Waals surface area contributed by atoms with E-state index in [-0.39, 0.29) is 22.7 Å². The Kier molecular flexibility index (Phi) is 5.89. The molecule has 0 radical (unpaired) electrons. The van der Waals surface area contributed by atoms with Crippen molar-refractivity contribution >= 4 is 27.4 Å². The summed E-state index contributed by atoms with van der Waals surface area (Å²) < 4.78 is 34.8. The van der Waals surface area contributed by atoms with Crippen LogP contribution in [0.2, 0.25) is 0 Å². The number of carboxylic acids is 1. The molecule has 2 N–H and O–H groups in total. The van der Waals surface area contributed by atoms with Gasteiger partial charge in [0.05, 0.1) is 30.7 Å². The lowest BCUT2D eigenvalue weighted by Crippen LogP contribution is -2.29. The Labute approximate surface area is 146 Å². The number of hydrogen-bond donors (Lipinski definition) is 2. The van der Waals surface area contributed by atoms with Gasteiger partial charge < -0.3 is 19.9 Å². The van der Waals surface area contributed by atoms with E-state index in [0.29, 0.717) is 12.8 Å². The van der Waals surface area contributed by atoms with Gasteiger partial charge in [0.2, 0.25) is 5.91 Å². The van der Waals surface area contributed by atoms with E-state index in [0.717, 1.165) is 12.8 Å². The van der Waals surface area contributed by atoms with Crippen molar-refractivity contribution in [1.82, 2.24) is 0 Å². The zero-order chi connectivity index (χ0) is 18.6.